The largest absolute Gasteiger partial charge is 0.417 e. The van der Waals surface area contributed by atoms with Crippen LogP contribution < -0.4 is 16.0 Å². The number of fused-ring (bicyclic) bond motifs is 3. The van der Waals surface area contributed by atoms with E-state index in [9.17, 15) is 22.8 Å². The molecule has 49 heavy (non-hydrogen) atoms. The van der Waals surface area contributed by atoms with Crippen molar-refractivity contribution >= 4 is 28.5 Å². The molecule has 7 nitrogen and oxygen atoms in total. The lowest BCUT2D eigenvalue weighted by Crippen LogP contribution is -2.63. The second-order valence-electron chi connectivity index (χ2n) is 14.5. The number of carbonyl (C=O) groups excluding carboxylic acids is 2. The minimum Gasteiger partial charge on any atom is -0.358 e. The van der Waals surface area contributed by atoms with Crippen molar-refractivity contribution in [3.63, 3.8) is 0 Å². The number of hydrogen-bond donors (Lipinski definition) is 4. The Morgan fingerprint density at radius 3 is 2.22 bits per heavy atom. The van der Waals surface area contributed by atoms with Gasteiger partial charge in [-0.1, -0.05) is 77.3 Å². The van der Waals surface area contributed by atoms with Gasteiger partial charge in [-0.25, -0.2) is 4.79 Å². The minimum absolute atomic E-state index is 0.0496. The number of aromatic amines is 1. The van der Waals surface area contributed by atoms with Gasteiger partial charge in [-0.05, 0) is 78.5 Å². The fraction of sp³-hybridized carbons (Fsp3) is 0.462. The summed E-state index contributed by atoms with van der Waals surface area (Å²) in [5.41, 5.74) is 2.34. The van der Waals surface area contributed by atoms with Crippen LogP contribution in [0.15, 0.2) is 60.8 Å². The second-order valence-corrected chi connectivity index (χ2v) is 14.5. The summed E-state index contributed by atoms with van der Waals surface area (Å²) >= 11 is 0. The van der Waals surface area contributed by atoms with Crippen LogP contribution in [-0.4, -0.2) is 34.0 Å². The number of H-pyrrole nitrogens is 1. The molecule has 2 heterocycles. The number of aromatic nitrogens is 2. The molecule has 2 aromatic carbocycles. The zero-order valence-electron chi connectivity index (χ0n) is 28.7. The van der Waals surface area contributed by atoms with Crippen LogP contribution in [0.25, 0.3) is 10.9 Å². The molecule has 1 fully saturated rings. The van der Waals surface area contributed by atoms with Gasteiger partial charge in [0, 0.05) is 52.6 Å². The molecular formula is C39H46F3N5O2. The molecule has 1 unspecified atom stereocenters. The number of benzene rings is 2. The Hall–Kier alpha value is -4.34. The first-order valence-electron chi connectivity index (χ1n) is 17.4. The molecule has 260 valence electrons. The summed E-state index contributed by atoms with van der Waals surface area (Å²) in [4.78, 5) is 36.5. The Bertz CT molecular complexity index is 1800. The highest BCUT2D eigenvalue weighted by Crippen LogP contribution is 2.42. The van der Waals surface area contributed by atoms with Gasteiger partial charge in [-0.2, -0.15) is 13.2 Å². The lowest BCUT2D eigenvalue weighted by Gasteiger charge is -2.40. The molecule has 1 saturated carbocycles. The maximum Gasteiger partial charge on any atom is 0.417 e. The summed E-state index contributed by atoms with van der Waals surface area (Å²) < 4.78 is 43.0. The molecule has 0 bridgehead atoms. The van der Waals surface area contributed by atoms with E-state index in [0.29, 0.717) is 35.4 Å². The minimum atomic E-state index is -4.59. The first-order valence-corrected chi connectivity index (χ1v) is 17.4. The first kappa shape index (κ1) is 34.5. The van der Waals surface area contributed by atoms with Crippen LogP contribution >= 0.6 is 0 Å². The maximum absolute atomic E-state index is 14.6. The number of anilines is 1. The monoisotopic (exact) mass is 673 g/mol. The number of nitrogens with zero attached hydrogens (tertiary/aromatic N) is 1. The van der Waals surface area contributed by atoms with Crippen molar-refractivity contribution in [2.24, 2.45) is 0 Å². The number of para-hydroxylation sites is 1. The van der Waals surface area contributed by atoms with Gasteiger partial charge in [-0.3, -0.25) is 9.78 Å². The molecule has 4 aromatic rings. The number of urea groups is 1. The SMILES string of the molecule is CC(C)c1cccc(C(C)C)c1NC(=O)NC1(C(=O)NCC2(c3ccccn3)CCCCC2)CCc2[nH]c3cccc(C(F)(F)F)c3c2C1. The molecule has 0 aliphatic heterocycles. The van der Waals surface area contributed by atoms with Gasteiger partial charge < -0.3 is 20.9 Å². The lowest BCUT2D eigenvalue weighted by molar-refractivity contribution is -0.136. The number of amides is 3. The first-order chi connectivity index (χ1) is 23.3. The smallest absolute Gasteiger partial charge is 0.358 e. The summed E-state index contributed by atoms with van der Waals surface area (Å²) in [6.07, 6.45) is 2.42. The zero-order valence-corrected chi connectivity index (χ0v) is 28.7. The van der Waals surface area contributed by atoms with Gasteiger partial charge in [0.25, 0.3) is 0 Å². The number of hydrogen-bond acceptors (Lipinski definition) is 3. The summed E-state index contributed by atoms with van der Waals surface area (Å²) in [7, 11) is 0. The summed E-state index contributed by atoms with van der Waals surface area (Å²) in [6.45, 7) is 8.53. The van der Waals surface area contributed by atoms with Gasteiger partial charge in [0.2, 0.25) is 5.91 Å². The Balaban J connectivity index is 1.38. The lowest BCUT2D eigenvalue weighted by atomic mass is 9.71. The van der Waals surface area contributed by atoms with E-state index < -0.39 is 29.2 Å². The normalized spacial score (nSPS) is 19.1. The fourth-order valence-electron chi connectivity index (χ4n) is 8.01. The summed E-state index contributed by atoms with van der Waals surface area (Å²) in [5, 5.41) is 9.35. The molecule has 2 aliphatic carbocycles. The molecule has 10 heteroatoms. The molecule has 0 radical (unpaired) electrons. The topological polar surface area (TPSA) is 98.9 Å². The van der Waals surface area contributed by atoms with Crippen molar-refractivity contribution in [1.29, 1.82) is 0 Å². The van der Waals surface area contributed by atoms with Crippen LogP contribution in [0.4, 0.5) is 23.7 Å². The molecular weight excluding hydrogens is 627 g/mol. The third-order valence-corrected chi connectivity index (χ3v) is 10.6. The average molecular weight is 674 g/mol. The third kappa shape index (κ3) is 6.79. The van der Waals surface area contributed by atoms with Crippen LogP contribution in [0, 0.1) is 0 Å². The highest BCUT2D eigenvalue weighted by molar-refractivity contribution is 5.98. The van der Waals surface area contributed by atoms with Gasteiger partial charge in [0.05, 0.1) is 5.56 Å². The van der Waals surface area contributed by atoms with Crippen molar-refractivity contribution in [3.8, 4) is 0 Å². The fourth-order valence-corrected chi connectivity index (χ4v) is 8.01. The molecule has 0 spiro atoms. The molecule has 2 aliphatic rings. The maximum atomic E-state index is 14.6. The van der Waals surface area contributed by atoms with E-state index in [2.05, 4.69) is 53.6 Å². The van der Waals surface area contributed by atoms with Crippen LogP contribution in [0.2, 0.25) is 0 Å². The Labute approximate surface area is 285 Å². The number of pyridine rings is 1. The van der Waals surface area contributed by atoms with E-state index in [1.54, 1.807) is 12.3 Å². The molecule has 2 aromatic heterocycles. The number of halogens is 3. The van der Waals surface area contributed by atoms with E-state index in [1.165, 1.54) is 6.07 Å². The Morgan fingerprint density at radius 1 is 0.898 bits per heavy atom. The number of alkyl halides is 3. The second kappa shape index (κ2) is 13.5. The number of nitrogens with one attached hydrogen (secondary N) is 4. The molecule has 4 N–H and O–H groups in total. The van der Waals surface area contributed by atoms with Gasteiger partial charge in [0.15, 0.2) is 0 Å². The van der Waals surface area contributed by atoms with Crippen molar-refractivity contribution in [1.82, 2.24) is 20.6 Å². The third-order valence-electron chi connectivity index (χ3n) is 10.6. The molecule has 3 amide bonds. The predicted octanol–water partition coefficient (Wildman–Crippen LogP) is 8.90. The van der Waals surface area contributed by atoms with Crippen LogP contribution in [-0.2, 0) is 29.2 Å². The highest BCUT2D eigenvalue weighted by Gasteiger charge is 2.47. The number of rotatable bonds is 8. The van der Waals surface area contributed by atoms with Crippen molar-refractivity contribution < 1.29 is 22.8 Å². The number of carbonyl (C=O) groups is 2. The molecule has 0 saturated heterocycles. The zero-order chi connectivity index (χ0) is 35.0. The Morgan fingerprint density at radius 2 is 1.59 bits per heavy atom. The van der Waals surface area contributed by atoms with E-state index >= 15 is 0 Å². The van der Waals surface area contributed by atoms with E-state index in [1.807, 2.05) is 36.4 Å². The van der Waals surface area contributed by atoms with E-state index in [-0.39, 0.29) is 35.5 Å². The van der Waals surface area contributed by atoms with Crippen molar-refractivity contribution in [2.45, 2.75) is 108 Å². The van der Waals surface area contributed by atoms with Crippen LogP contribution in [0.1, 0.15) is 112 Å². The van der Waals surface area contributed by atoms with E-state index in [0.717, 1.165) is 55.0 Å². The van der Waals surface area contributed by atoms with Crippen LogP contribution in [0.5, 0.6) is 0 Å². The van der Waals surface area contributed by atoms with Gasteiger partial charge >= 0.3 is 12.2 Å². The standard InChI is InChI=1S/C39H46F3N5O2/c1-24(2)26-12-10-13-27(25(3)4)34(26)46-36(49)47-38(35(48)44-23-37(18-7-5-8-19-37)32-16-6-9-21-43-32)20-17-30-28(22-38)33-29(39(40,41)42)14-11-15-31(33)45-30/h6,9-16,21,24-25,45H,5,7-8,17-20,22-23H2,1-4H3,(H,44,48)(H2,46,47,49). The van der Waals surface area contributed by atoms with Crippen molar-refractivity contribution in [3.05, 3.63) is 94.4 Å². The van der Waals surface area contributed by atoms with Gasteiger partial charge in [-0.15, -0.1) is 0 Å². The Kier molecular flexibility index (Phi) is 9.52. The number of aryl methyl sites for hydroxylation is 1. The predicted molar refractivity (Wildman–Crippen MR) is 187 cm³/mol. The van der Waals surface area contributed by atoms with Gasteiger partial charge in [0.1, 0.15) is 5.54 Å². The quantitative estimate of drug-likeness (QED) is 0.150. The molecule has 1 atom stereocenters. The summed E-state index contributed by atoms with van der Waals surface area (Å²) in [6, 6.07) is 15.3. The summed E-state index contributed by atoms with van der Waals surface area (Å²) in [5.74, 6) is -0.170. The van der Waals surface area contributed by atoms with Crippen LogP contribution in [0.3, 0.4) is 0 Å². The van der Waals surface area contributed by atoms with E-state index in [4.69, 9.17) is 0 Å². The highest BCUT2D eigenvalue weighted by atomic mass is 19.4. The van der Waals surface area contributed by atoms with Crippen molar-refractivity contribution in [2.75, 3.05) is 11.9 Å². The molecule has 6 rings (SSSR count). The average Bonchev–Trinajstić information content (AvgIpc) is 3.45.